The van der Waals surface area contributed by atoms with Gasteiger partial charge in [0, 0.05) is 18.1 Å². The summed E-state index contributed by atoms with van der Waals surface area (Å²) in [5.41, 5.74) is 0. The molecule has 2 rings (SSSR count). The molecule has 1 saturated heterocycles. The van der Waals surface area contributed by atoms with E-state index in [1.165, 1.54) is 10.4 Å². The first kappa shape index (κ1) is 8.99. The molecule has 0 radical (unpaired) electrons. The molecular formula is C8H8ClNO2S. The fourth-order valence-electron chi connectivity index (χ4n) is 1.06. The summed E-state index contributed by atoms with van der Waals surface area (Å²) in [6, 6.07) is 6.32. The van der Waals surface area contributed by atoms with Crippen molar-refractivity contribution in [3.8, 4) is 0 Å². The number of rotatable bonds is 2. The normalized spacial score (nSPS) is 17.3. The minimum absolute atomic E-state index is 0.275. The molecule has 3 nitrogen and oxygen atoms in total. The fraction of sp³-hybridized carbons (Fsp3) is 0.250. The van der Waals surface area contributed by atoms with E-state index in [0.29, 0.717) is 18.1 Å². The standard InChI is InChI=1S/C8H8ClNO2S/c9-7-2-1-3-8(6-7)13(11,12)10-4-5-10/h1-3,6H,4-5H2. The summed E-state index contributed by atoms with van der Waals surface area (Å²) < 4.78 is 24.6. The molecule has 13 heavy (non-hydrogen) atoms. The van der Waals surface area contributed by atoms with Crippen LogP contribution in [0.2, 0.25) is 5.02 Å². The van der Waals surface area contributed by atoms with Gasteiger partial charge in [0.05, 0.1) is 4.90 Å². The largest absolute Gasteiger partial charge is 0.243 e. The van der Waals surface area contributed by atoms with Crippen molar-refractivity contribution in [3.63, 3.8) is 0 Å². The number of halogens is 1. The van der Waals surface area contributed by atoms with E-state index in [0.717, 1.165) is 0 Å². The van der Waals surface area contributed by atoms with Crippen LogP contribution in [0.25, 0.3) is 0 Å². The topological polar surface area (TPSA) is 37.1 Å². The molecule has 0 N–H and O–H groups in total. The Morgan fingerprint density at radius 1 is 1.31 bits per heavy atom. The molecule has 1 fully saturated rings. The Balaban J connectivity index is 2.45. The fourth-order valence-corrected chi connectivity index (χ4v) is 2.70. The Morgan fingerprint density at radius 3 is 2.54 bits per heavy atom. The van der Waals surface area contributed by atoms with Gasteiger partial charge in [-0.05, 0) is 18.2 Å². The van der Waals surface area contributed by atoms with E-state index in [4.69, 9.17) is 11.6 Å². The molecule has 1 aliphatic heterocycles. The molecule has 1 heterocycles. The minimum Gasteiger partial charge on any atom is -0.207 e. The number of benzene rings is 1. The Hall–Kier alpha value is -0.580. The summed E-state index contributed by atoms with van der Waals surface area (Å²) in [5.74, 6) is 0. The average molecular weight is 218 g/mol. The lowest BCUT2D eigenvalue weighted by Gasteiger charge is -2.03. The van der Waals surface area contributed by atoms with E-state index >= 15 is 0 Å². The summed E-state index contributed by atoms with van der Waals surface area (Å²) in [7, 11) is -3.24. The zero-order valence-electron chi connectivity index (χ0n) is 6.77. The van der Waals surface area contributed by atoms with Gasteiger partial charge >= 0.3 is 0 Å². The Morgan fingerprint density at radius 2 is 2.00 bits per heavy atom. The van der Waals surface area contributed by atoms with Gasteiger partial charge in [-0.1, -0.05) is 17.7 Å². The van der Waals surface area contributed by atoms with E-state index < -0.39 is 10.0 Å². The van der Waals surface area contributed by atoms with E-state index in [1.807, 2.05) is 0 Å². The maximum absolute atomic E-state index is 11.6. The quantitative estimate of drug-likeness (QED) is 0.702. The van der Waals surface area contributed by atoms with E-state index in [1.54, 1.807) is 18.2 Å². The van der Waals surface area contributed by atoms with Crippen molar-refractivity contribution in [2.45, 2.75) is 4.90 Å². The SMILES string of the molecule is O=S(=O)(c1cccc(Cl)c1)N1CC1. The first-order valence-electron chi connectivity index (χ1n) is 3.86. The van der Waals surface area contributed by atoms with Gasteiger partial charge in [-0.3, -0.25) is 0 Å². The molecule has 0 amide bonds. The van der Waals surface area contributed by atoms with Gasteiger partial charge in [-0.25, -0.2) is 8.42 Å². The maximum Gasteiger partial charge on any atom is 0.243 e. The minimum atomic E-state index is -3.24. The molecule has 0 saturated carbocycles. The van der Waals surface area contributed by atoms with Gasteiger partial charge in [0.25, 0.3) is 0 Å². The molecule has 1 aliphatic rings. The third-order valence-corrected chi connectivity index (χ3v) is 3.97. The highest BCUT2D eigenvalue weighted by atomic mass is 35.5. The first-order valence-corrected chi connectivity index (χ1v) is 5.68. The molecule has 0 spiro atoms. The van der Waals surface area contributed by atoms with Crippen LogP contribution in [-0.4, -0.2) is 25.8 Å². The predicted octanol–water partition coefficient (Wildman–Crippen LogP) is 1.34. The highest BCUT2D eigenvalue weighted by Gasteiger charge is 2.33. The van der Waals surface area contributed by atoms with E-state index in [9.17, 15) is 8.42 Å². The van der Waals surface area contributed by atoms with Gasteiger partial charge in [-0.15, -0.1) is 0 Å². The maximum atomic E-state index is 11.6. The van der Waals surface area contributed by atoms with Crippen LogP contribution in [0.4, 0.5) is 0 Å². The summed E-state index contributed by atoms with van der Waals surface area (Å²) in [4.78, 5) is 0.275. The van der Waals surface area contributed by atoms with Gasteiger partial charge in [0.15, 0.2) is 0 Å². The lowest BCUT2D eigenvalue weighted by Crippen LogP contribution is -2.11. The van der Waals surface area contributed by atoms with Crippen molar-refractivity contribution < 1.29 is 8.42 Å². The van der Waals surface area contributed by atoms with Gasteiger partial charge in [0.1, 0.15) is 0 Å². The van der Waals surface area contributed by atoms with Crippen LogP contribution in [0, 0.1) is 0 Å². The van der Waals surface area contributed by atoms with Crippen LogP contribution in [0.1, 0.15) is 0 Å². The molecule has 0 unspecified atom stereocenters. The molecule has 0 aliphatic carbocycles. The second-order valence-corrected chi connectivity index (χ2v) is 5.24. The predicted molar refractivity (Wildman–Crippen MR) is 50.2 cm³/mol. The van der Waals surface area contributed by atoms with Gasteiger partial charge in [0.2, 0.25) is 10.0 Å². The number of nitrogens with zero attached hydrogens (tertiary/aromatic N) is 1. The average Bonchev–Trinajstić information content (AvgIpc) is 2.86. The lowest BCUT2D eigenvalue weighted by atomic mass is 10.4. The number of sulfonamides is 1. The summed E-state index contributed by atoms with van der Waals surface area (Å²) in [5, 5.41) is 0.447. The molecule has 0 atom stereocenters. The zero-order valence-corrected chi connectivity index (χ0v) is 8.35. The Kier molecular flexibility index (Phi) is 2.06. The van der Waals surface area contributed by atoms with E-state index in [2.05, 4.69) is 0 Å². The first-order chi connectivity index (χ1) is 6.10. The monoisotopic (exact) mass is 217 g/mol. The molecular weight excluding hydrogens is 210 g/mol. The zero-order chi connectivity index (χ0) is 9.47. The molecule has 70 valence electrons. The molecule has 5 heteroatoms. The smallest absolute Gasteiger partial charge is 0.207 e. The van der Waals surface area contributed by atoms with Crippen LogP contribution < -0.4 is 0 Å². The van der Waals surface area contributed by atoms with E-state index in [-0.39, 0.29) is 4.90 Å². The summed E-state index contributed by atoms with van der Waals surface area (Å²) in [6.07, 6.45) is 0. The van der Waals surface area contributed by atoms with Crippen molar-refractivity contribution >= 4 is 21.6 Å². The van der Waals surface area contributed by atoms with Crippen LogP contribution in [0.5, 0.6) is 0 Å². The second-order valence-electron chi connectivity index (χ2n) is 2.86. The van der Waals surface area contributed by atoms with Crippen molar-refractivity contribution in [1.29, 1.82) is 0 Å². The molecule has 1 aromatic carbocycles. The highest BCUT2D eigenvalue weighted by Crippen LogP contribution is 2.23. The number of hydrogen-bond donors (Lipinski definition) is 0. The third kappa shape index (κ3) is 1.70. The summed E-state index contributed by atoms with van der Waals surface area (Å²) >= 11 is 5.69. The van der Waals surface area contributed by atoms with Crippen molar-refractivity contribution in [3.05, 3.63) is 29.3 Å². The third-order valence-electron chi connectivity index (χ3n) is 1.84. The summed E-state index contributed by atoms with van der Waals surface area (Å²) in [6.45, 7) is 1.24. The number of hydrogen-bond acceptors (Lipinski definition) is 2. The second kappa shape index (κ2) is 2.97. The van der Waals surface area contributed by atoms with Crippen molar-refractivity contribution in [1.82, 2.24) is 4.31 Å². The van der Waals surface area contributed by atoms with Crippen molar-refractivity contribution in [2.24, 2.45) is 0 Å². The molecule has 0 bridgehead atoms. The van der Waals surface area contributed by atoms with Crippen molar-refractivity contribution in [2.75, 3.05) is 13.1 Å². The van der Waals surface area contributed by atoms with Crippen LogP contribution in [-0.2, 0) is 10.0 Å². The Bertz CT molecular complexity index is 426. The van der Waals surface area contributed by atoms with Gasteiger partial charge < -0.3 is 0 Å². The highest BCUT2D eigenvalue weighted by molar-refractivity contribution is 7.89. The van der Waals surface area contributed by atoms with Gasteiger partial charge in [-0.2, -0.15) is 4.31 Å². The van der Waals surface area contributed by atoms with Crippen LogP contribution in [0.3, 0.4) is 0 Å². The molecule has 0 aromatic heterocycles. The van der Waals surface area contributed by atoms with Crippen LogP contribution >= 0.6 is 11.6 Å². The Labute approximate surface area is 82.0 Å². The lowest BCUT2D eigenvalue weighted by molar-refractivity contribution is 0.563. The van der Waals surface area contributed by atoms with Crippen LogP contribution in [0.15, 0.2) is 29.2 Å². The molecule has 1 aromatic rings.